The van der Waals surface area contributed by atoms with Crippen LogP contribution in [0.15, 0.2) is 42.1 Å². The first kappa shape index (κ1) is 24.6. The molecule has 180 valence electrons. The first-order chi connectivity index (χ1) is 16.3. The van der Waals surface area contributed by atoms with Gasteiger partial charge in [-0.3, -0.25) is 14.7 Å². The van der Waals surface area contributed by atoms with E-state index in [0.29, 0.717) is 22.8 Å². The molecule has 1 aromatic carbocycles. The molecule has 0 aliphatic heterocycles. The average molecular weight is 497 g/mol. The molecule has 1 fully saturated rings. The number of amides is 1. The van der Waals surface area contributed by atoms with E-state index in [1.165, 1.54) is 60.8 Å². The van der Waals surface area contributed by atoms with Gasteiger partial charge in [0.25, 0.3) is 0 Å². The highest BCUT2D eigenvalue weighted by molar-refractivity contribution is 7.99. The van der Waals surface area contributed by atoms with Crippen LogP contribution >= 0.6 is 23.1 Å². The molecule has 34 heavy (non-hydrogen) atoms. The van der Waals surface area contributed by atoms with Crippen LogP contribution in [-0.2, 0) is 16.8 Å². The van der Waals surface area contributed by atoms with Crippen molar-refractivity contribution in [3.63, 3.8) is 0 Å². The predicted molar refractivity (Wildman–Crippen MR) is 139 cm³/mol. The number of nitrogens with zero attached hydrogens (tertiary/aromatic N) is 5. The van der Waals surface area contributed by atoms with Crippen molar-refractivity contribution in [1.82, 2.24) is 25.0 Å². The number of carbonyl (C=O) groups excluding carboxylic acids is 1. The van der Waals surface area contributed by atoms with Crippen LogP contribution in [-0.4, -0.2) is 36.6 Å². The van der Waals surface area contributed by atoms with Gasteiger partial charge in [0.2, 0.25) is 11.0 Å². The van der Waals surface area contributed by atoms with E-state index in [1.807, 2.05) is 10.6 Å². The van der Waals surface area contributed by atoms with Gasteiger partial charge in [-0.15, -0.1) is 27.0 Å². The summed E-state index contributed by atoms with van der Waals surface area (Å²) in [4.78, 5) is 12.6. The lowest BCUT2D eigenvalue weighted by Gasteiger charge is -2.19. The molecule has 0 radical (unpaired) electrons. The minimum Gasteiger partial charge on any atom is -0.300 e. The van der Waals surface area contributed by atoms with Gasteiger partial charge in [-0.25, -0.2) is 0 Å². The van der Waals surface area contributed by atoms with Gasteiger partial charge < -0.3 is 0 Å². The highest BCUT2D eigenvalue weighted by Crippen LogP contribution is 2.35. The molecule has 0 unspecified atom stereocenters. The first-order valence-electron chi connectivity index (χ1n) is 11.8. The molecule has 1 N–H and O–H groups in total. The number of thioether (sulfide) groups is 1. The summed E-state index contributed by atoms with van der Waals surface area (Å²) in [5, 5.41) is 22.4. The molecule has 1 saturated carbocycles. The summed E-state index contributed by atoms with van der Waals surface area (Å²) in [5.74, 6) is 1.35. The lowest BCUT2D eigenvalue weighted by molar-refractivity contribution is -0.113. The maximum Gasteiger partial charge on any atom is 0.236 e. The largest absolute Gasteiger partial charge is 0.300 e. The zero-order chi connectivity index (χ0) is 24.1. The minimum absolute atomic E-state index is 0.0891. The second-order valence-corrected chi connectivity index (χ2v) is 11.6. The average Bonchev–Trinajstić information content (AvgIpc) is 3.45. The van der Waals surface area contributed by atoms with Gasteiger partial charge in [-0.05, 0) is 23.8 Å². The zero-order valence-corrected chi connectivity index (χ0v) is 21.7. The highest BCUT2D eigenvalue weighted by atomic mass is 32.2. The Balaban J connectivity index is 1.40. The fourth-order valence-electron chi connectivity index (χ4n) is 4.11. The van der Waals surface area contributed by atoms with Crippen LogP contribution in [0.2, 0.25) is 0 Å². The van der Waals surface area contributed by atoms with E-state index < -0.39 is 0 Å². The fourth-order valence-corrected chi connectivity index (χ4v) is 5.78. The lowest BCUT2D eigenvalue weighted by atomic mass is 9.87. The Morgan fingerprint density at radius 2 is 1.88 bits per heavy atom. The quantitative estimate of drug-likeness (QED) is 0.301. The highest BCUT2D eigenvalue weighted by Gasteiger charge is 2.21. The van der Waals surface area contributed by atoms with Gasteiger partial charge in [-0.1, -0.05) is 93.5 Å². The van der Waals surface area contributed by atoms with Gasteiger partial charge in [0.15, 0.2) is 11.0 Å². The number of carbonyl (C=O) groups is 1. The van der Waals surface area contributed by atoms with E-state index >= 15 is 0 Å². The first-order valence-corrected chi connectivity index (χ1v) is 13.6. The molecule has 9 heteroatoms. The summed E-state index contributed by atoms with van der Waals surface area (Å²) in [6, 6.07) is 8.41. The number of nitrogens with one attached hydrogen (secondary N) is 1. The third kappa shape index (κ3) is 5.93. The monoisotopic (exact) mass is 496 g/mol. The van der Waals surface area contributed by atoms with E-state index in [0.717, 1.165) is 16.4 Å². The van der Waals surface area contributed by atoms with Gasteiger partial charge in [-0.2, -0.15) is 0 Å². The molecule has 7 nitrogen and oxygen atoms in total. The topological polar surface area (TPSA) is 85.6 Å². The third-order valence-electron chi connectivity index (χ3n) is 6.01. The molecule has 1 amide bonds. The summed E-state index contributed by atoms with van der Waals surface area (Å²) in [5.41, 5.74) is 2.34. The Hall–Kier alpha value is -2.52. The third-order valence-corrected chi connectivity index (χ3v) is 7.98. The smallest absolute Gasteiger partial charge is 0.236 e. The number of rotatable bonds is 8. The van der Waals surface area contributed by atoms with Crippen molar-refractivity contribution in [2.24, 2.45) is 0 Å². The Morgan fingerprint density at radius 3 is 2.56 bits per heavy atom. The van der Waals surface area contributed by atoms with Crippen LogP contribution in [0.1, 0.15) is 69.4 Å². The number of hydrogen-bond donors (Lipinski definition) is 1. The molecule has 3 aromatic rings. The standard InChI is InChI=1S/C25H32N6OS2/c1-5-15-31-21(17-11-13-19(14-12-17)25(2,3)4)27-30-24(31)33-16-20(32)26-23-29-28-22(34-23)18-9-7-6-8-10-18/h5,11-14,18H,1,6-10,15-16H2,2-4H3,(H,26,29,32). The van der Waals surface area contributed by atoms with Crippen molar-refractivity contribution in [1.29, 1.82) is 0 Å². The van der Waals surface area contributed by atoms with Crippen molar-refractivity contribution in [2.75, 3.05) is 11.1 Å². The summed E-state index contributed by atoms with van der Waals surface area (Å²) < 4.78 is 1.99. The van der Waals surface area contributed by atoms with Crippen LogP contribution in [0, 0.1) is 0 Å². The molecule has 4 rings (SSSR count). The molecule has 0 atom stereocenters. The van der Waals surface area contributed by atoms with Gasteiger partial charge in [0.1, 0.15) is 5.01 Å². The molecule has 2 heterocycles. The van der Waals surface area contributed by atoms with Crippen molar-refractivity contribution >= 4 is 34.1 Å². The Kier molecular flexibility index (Phi) is 7.83. The van der Waals surface area contributed by atoms with Crippen molar-refractivity contribution in [3.05, 3.63) is 47.5 Å². The SMILES string of the molecule is C=CCn1c(SCC(=O)Nc2nnc(C3CCCCC3)s2)nnc1-c1ccc(C(C)(C)C)cc1. The number of hydrogen-bond acceptors (Lipinski definition) is 7. The summed E-state index contributed by atoms with van der Waals surface area (Å²) in [7, 11) is 0. The van der Waals surface area contributed by atoms with Crippen molar-refractivity contribution in [2.45, 2.75) is 75.9 Å². The molecule has 0 saturated heterocycles. The Bertz CT molecular complexity index is 1120. The number of anilines is 1. The normalized spacial score (nSPS) is 14.8. The molecular weight excluding hydrogens is 464 g/mol. The van der Waals surface area contributed by atoms with E-state index in [1.54, 1.807) is 0 Å². The van der Waals surface area contributed by atoms with Gasteiger partial charge in [0, 0.05) is 18.0 Å². The molecule has 0 spiro atoms. The minimum atomic E-state index is -0.124. The molecule has 1 aliphatic rings. The Morgan fingerprint density at radius 1 is 1.15 bits per heavy atom. The number of allylic oxidation sites excluding steroid dienone is 1. The number of benzene rings is 1. The van der Waals surface area contributed by atoms with E-state index in [4.69, 9.17) is 0 Å². The summed E-state index contributed by atoms with van der Waals surface area (Å²) in [6.45, 7) is 11.0. The Labute approximate surface area is 209 Å². The molecule has 0 bridgehead atoms. The number of aromatic nitrogens is 5. The summed E-state index contributed by atoms with van der Waals surface area (Å²) in [6.07, 6.45) is 7.94. The van der Waals surface area contributed by atoms with Gasteiger partial charge >= 0.3 is 0 Å². The van der Waals surface area contributed by atoms with Gasteiger partial charge in [0.05, 0.1) is 5.75 Å². The van der Waals surface area contributed by atoms with Crippen molar-refractivity contribution < 1.29 is 4.79 Å². The maximum atomic E-state index is 12.6. The fraction of sp³-hybridized carbons (Fsp3) is 0.480. The van der Waals surface area contributed by atoms with E-state index in [2.05, 4.69) is 77.3 Å². The van der Waals surface area contributed by atoms with Crippen LogP contribution < -0.4 is 5.32 Å². The lowest BCUT2D eigenvalue weighted by Crippen LogP contribution is -2.14. The van der Waals surface area contributed by atoms with Crippen LogP contribution in [0.5, 0.6) is 0 Å². The van der Waals surface area contributed by atoms with E-state index in [-0.39, 0.29) is 17.1 Å². The van der Waals surface area contributed by atoms with Crippen molar-refractivity contribution in [3.8, 4) is 11.4 Å². The molecule has 2 aromatic heterocycles. The maximum absolute atomic E-state index is 12.6. The van der Waals surface area contributed by atoms with Crippen LogP contribution in [0.4, 0.5) is 5.13 Å². The summed E-state index contributed by atoms with van der Waals surface area (Å²) >= 11 is 2.85. The zero-order valence-electron chi connectivity index (χ0n) is 20.1. The van der Waals surface area contributed by atoms with Crippen LogP contribution in [0.3, 0.4) is 0 Å². The second kappa shape index (κ2) is 10.8. The molecular formula is C25H32N6OS2. The molecule has 1 aliphatic carbocycles. The predicted octanol–water partition coefficient (Wildman–Crippen LogP) is 6.06. The van der Waals surface area contributed by atoms with Crippen LogP contribution in [0.25, 0.3) is 11.4 Å². The second-order valence-electron chi connectivity index (χ2n) is 9.65. The van der Waals surface area contributed by atoms with E-state index in [9.17, 15) is 4.79 Å².